The summed E-state index contributed by atoms with van der Waals surface area (Å²) in [5, 5.41) is 1.97. The number of carbonyl (C=O) groups is 1. The van der Waals surface area contributed by atoms with Gasteiger partial charge in [0.25, 0.3) is 5.91 Å². The van der Waals surface area contributed by atoms with Gasteiger partial charge in [-0.2, -0.15) is 0 Å². The highest BCUT2D eigenvalue weighted by atomic mass is 32.1. The topological polar surface area (TPSA) is 38.3 Å². The normalized spacial score (nSPS) is 18.8. The maximum atomic E-state index is 12.0. The van der Waals surface area contributed by atoms with E-state index in [1.165, 1.54) is 16.9 Å². The van der Waals surface area contributed by atoms with Gasteiger partial charge in [0, 0.05) is 10.3 Å². The van der Waals surface area contributed by atoms with Crippen LogP contribution in [-0.2, 0) is 17.7 Å². The van der Waals surface area contributed by atoms with Crippen molar-refractivity contribution in [1.29, 1.82) is 0 Å². The molecule has 1 heterocycles. The molecule has 0 spiro atoms. The maximum absolute atomic E-state index is 12.0. The Morgan fingerprint density at radius 2 is 2.39 bits per heavy atom. The van der Waals surface area contributed by atoms with Crippen LogP contribution in [0.1, 0.15) is 48.0 Å². The second-order valence-corrected chi connectivity index (χ2v) is 6.50. The number of rotatable bonds is 4. The molecule has 2 rings (SSSR count). The molecule has 3 nitrogen and oxygen atoms in total. The third-order valence-corrected chi connectivity index (χ3v) is 4.28. The van der Waals surface area contributed by atoms with Crippen LogP contribution in [0.25, 0.3) is 0 Å². The molecule has 1 aliphatic rings. The van der Waals surface area contributed by atoms with E-state index in [1.807, 2.05) is 5.38 Å². The molecule has 100 valence electrons. The molecule has 18 heavy (non-hydrogen) atoms. The fourth-order valence-corrected chi connectivity index (χ4v) is 3.44. The van der Waals surface area contributed by atoms with Crippen molar-refractivity contribution in [1.82, 2.24) is 5.48 Å². The SMILES string of the molecule is CC(C)CONC(=O)c1csc2c1CCC(C)C2. The van der Waals surface area contributed by atoms with Gasteiger partial charge < -0.3 is 0 Å². The van der Waals surface area contributed by atoms with Crippen molar-refractivity contribution in [3.8, 4) is 0 Å². The number of nitrogens with one attached hydrogen (secondary N) is 1. The van der Waals surface area contributed by atoms with Crippen LogP contribution in [0.4, 0.5) is 0 Å². The largest absolute Gasteiger partial charge is 0.275 e. The molecule has 0 radical (unpaired) electrons. The molecule has 0 aromatic carbocycles. The van der Waals surface area contributed by atoms with Crippen molar-refractivity contribution in [3.05, 3.63) is 21.4 Å². The van der Waals surface area contributed by atoms with Gasteiger partial charge in [-0.25, -0.2) is 5.48 Å². The summed E-state index contributed by atoms with van der Waals surface area (Å²) >= 11 is 1.71. The van der Waals surface area contributed by atoms with E-state index in [0.29, 0.717) is 12.5 Å². The van der Waals surface area contributed by atoms with Crippen molar-refractivity contribution in [3.63, 3.8) is 0 Å². The number of hydrogen-bond acceptors (Lipinski definition) is 3. The Bertz CT molecular complexity index is 425. The van der Waals surface area contributed by atoms with Crippen molar-refractivity contribution < 1.29 is 9.63 Å². The fraction of sp³-hybridized carbons (Fsp3) is 0.643. The molecule has 1 aromatic rings. The van der Waals surface area contributed by atoms with E-state index in [-0.39, 0.29) is 5.91 Å². The molecule has 0 bridgehead atoms. The monoisotopic (exact) mass is 267 g/mol. The Labute approximate surface area is 112 Å². The number of carbonyl (C=O) groups excluding carboxylic acids is 1. The first-order valence-electron chi connectivity index (χ1n) is 6.59. The number of thiophene rings is 1. The van der Waals surface area contributed by atoms with Crippen LogP contribution in [-0.4, -0.2) is 12.5 Å². The summed E-state index contributed by atoms with van der Waals surface area (Å²) in [6, 6.07) is 0. The first-order valence-corrected chi connectivity index (χ1v) is 7.47. The summed E-state index contributed by atoms with van der Waals surface area (Å²) in [4.78, 5) is 18.6. The van der Waals surface area contributed by atoms with E-state index >= 15 is 0 Å². The Balaban J connectivity index is 1.99. The van der Waals surface area contributed by atoms with Gasteiger partial charge >= 0.3 is 0 Å². The zero-order valence-electron chi connectivity index (χ0n) is 11.3. The molecule has 1 aliphatic carbocycles. The number of amides is 1. The summed E-state index contributed by atoms with van der Waals surface area (Å²) in [5.41, 5.74) is 4.60. The first-order chi connectivity index (χ1) is 8.58. The van der Waals surface area contributed by atoms with Crippen LogP contribution < -0.4 is 5.48 Å². The molecule has 0 saturated carbocycles. The summed E-state index contributed by atoms with van der Waals surface area (Å²) in [7, 11) is 0. The van der Waals surface area contributed by atoms with E-state index < -0.39 is 0 Å². The van der Waals surface area contributed by atoms with Gasteiger partial charge in [0.05, 0.1) is 12.2 Å². The molecule has 0 aliphatic heterocycles. The van der Waals surface area contributed by atoms with Gasteiger partial charge in [0.15, 0.2) is 0 Å². The van der Waals surface area contributed by atoms with Crippen molar-refractivity contribution in [2.75, 3.05) is 6.61 Å². The molecule has 1 unspecified atom stereocenters. The molecule has 4 heteroatoms. The van der Waals surface area contributed by atoms with E-state index in [0.717, 1.165) is 24.3 Å². The molecular formula is C14H21NO2S. The Morgan fingerprint density at radius 1 is 1.61 bits per heavy atom. The predicted molar refractivity (Wildman–Crippen MR) is 73.8 cm³/mol. The first kappa shape index (κ1) is 13.6. The molecule has 1 atom stereocenters. The van der Waals surface area contributed by atoms with Gasteiger partial charge in [-0.15, -0.1) is 11.3 Å². The van der Waals surface area contributed by atoms with E-state index in [4.69, 9.17) is 4.84 Å². The molecule has 1 aromatic heterocycles. The average molecular weight is 267 g/mol. The minimum Gasteiger partial charge on any atom is -0.273 e. The lowest BCUT2D eigenvalue weighted by atomic mass is 9.88. The maximum Gasteiger partial charge on any atom is 0.275 e. The number of fused-ring (bicyclic) bond motifs is 1. The van der Waals surface area contributed by atoms with Crippen molar-refractivity contribution in [2.24, 2.45) is 11.8 Å². The van der Waals surface area contributed by atoms with Crippen molar-refractivity contribution >= 4 is 17.2 Å². The predicted octanol–water partition coefficient (Wildman–Crippen LogP) is 3.19. The van der Waals surface area contributed by atoms with Gasteiger partial charge in [0.1, 0.15) is 0 Å². The van der Waals surface area contributed by atoms with E-state index in [1.54, 1.807) is 11.3 Å². The zero-order chi connectivity index (χ0) is 13.1. The third kappa shape index (κ3) is 3.12. The minimum atomic E-state index is -0.0947. The van der Waals surface area contributed by atoms with Crippen LogP contribution in [0.15, 0.2) is 5.38 Å². The average Bonchev–Trinajstić information content (AvgIpc) is 2.71. The highest BCUT2D eigenvalue weighted by Crippen LogP contribution is 2.32. The zero-order valence-corrected chi connectivity index (χ0v) is 12.1. The summed E-state index contributed by atoms with van der Waals surface area (Å²) < 4.78 is 0. The second kappa shape index (κ2) is 5.85. The lowest BCUT2D eigenvalue weighted by Crippen LogP contribution is -2.26. The highest BCUT2D eigenvalue weighted by molar-refractivity contribution is 7.10. The quantitative estimate of drug-likeness (QED) is 0.851. The Kier molecular flexibility index (Phi) is 4.40. The van der Waals surface area contributed by atoms with E-state index in [2.05, 4.69) is 26.3 Å². The third-order valence-electron chi connectivity index (χ3n) is 3.23. The minimum absolute atomic E-state index is 0.0947. The molecule has 0 saturated heterocycles. The van der Waals surface area contributed by atoms with Crippen molar-refractivity contribution in [2.45, 2.75) is 40.0 Å². The van der Waals surface area contributed by atoms with Gasteiger partial charge in [-0.05, 0) is 36.7 Å². The van der Waals surface area contributed by atoms with E-state index in [9.17, 15) is 4.79 Å². The smallest absolute Gasteiger partial charge is 0.273 e. The molecule has 1 amide bonds. The molecular weight excluding hydrogens is 246 g/mol. The molecule has 0 fully saturated rings. The van der Waals surface area contributed by atoms with Gasteiger partial charge in [-0.3, -0.25) is 9.63 Å². The second-order valence-electron chi connectivity index (χ2n) is 5.54. The summed E-state index contributed by atoms with van der Waals surface area (Å²) in [5.74, 6) is 1.06. The summed E-state index contributed by atoms with van der Waals surface area (Å²) in [6.45, 7) is 6.93. The van der Waals surface area contributed by atoms with Crippen LogP contribution in [0, 0.1) is 11.8 Å². The van der Waals surface area contributed by atoms with Crippen LogP contribution >= 0.6 is 11.3 Å². The number of hydroxylamine groups is 1. The van der Waals surface area contributed by atoms with Gasteiger partial charge in [0.2, 0.25) is 0 Å². The summed E-state index contributed by atoms with van der Waals surface area (Å²) in [6.07, 6.45) is 3.31. The fourth-order valence-electron chi connectivity index (χ4n) is 2.20. The Hall–Kier alpha value is -0.870. The lowest BCUT2D eigenvalue weighted by Gasteiger charge is -2.18. The van der Waals surface area contributed by atoms with Crippen LogP contribution in [0.2, 0.25) is 0 Å². The van der Waals surface area contributed by atoms with Crippen LogP contribution in [0.3, 0.4) is 0 Å². The number of hydrogen-bond donors (Lipinski definition) is 1. The highest BCUT2D eigenvalue weighted by Gasteiger charge is 2.23. The standard InChI is InChI=1S/C14H21NO2S/c1-9(2)7-17-15-14(16)12-8-18-13-6-10(3)4-5-11(12)13/h8-10H,4-7H2,1-3H3,(H,15,16). The molecule has 1 N–H and O–H groups in total. The van der Waals surface area contributed by atoms with Crippen LogP contribution in [0.5, 0.6) is 0 Å². The lowest BCUT2D eigenvalue weighted by molar-refractivity contribution is 0.0208. The Morgan fingerprint density at radius 3 is 3.11 bits per heavy atom. The van der Waals surface area contributed by atoms with Gasteiger partial charge in [-0.1, -0.05) is 20.8 Å².